The molecule has 0 aliphatic rings. The lowest BCUT2D eigenvalue weighted by molar-refractivity contribution is -0.117. The summed E-state index contributed by atoms with van der Waals surface area (Å²) < 4.78 is 13.6. The quantitative estimate of drug-likeness (QED) is 0.848. The van der Waals surface area contributed by atoms with Gasteiger partial charge in [0.2, 0.25) is 5.91 Å². The molecule has 0 saturated heterocycles. The SMILES string of the molecule is NC(=O)CCSCc1ccc(Br)c(F)c1. The van der Waals surface area contributed by atoms with Crippen molar-refractivity contribution < 1.29 is 9.18 Å². The van der Waals surface area contributed by atoms with E-state index in [-0.39, 0.29) is 11.7 Å². The van der Waals surface area contributed by atoms with Crippen LogP contribution in [-0.4, -0.2) is 11.7 Å². The predicted octanol–water partition coefficient (Wildman–Crippen LogP) is 2.70. The third-order valence-electron chi connectivity index (χ3n) is 1.75. The molecule has 0 radical (unpaired) electrons. The second-order valence-corrected chi connectivity index (χ2v) is 4.98. The van der Waals surface area contributed by atoms with E-state index in [1.165, 1.54) is 6.07 Å². The molecule has 0 atom stereocenters. The van der Waals surface area contributed by atoms with Gasteiger partial charge >= 0.3 is 0 Å². The highest BCUT2D eigenvalue weighted by atomic mass is 79.9. The highest BCUT2D eigenvalue weighted by Crippen LogP contribution is 2.19. The molecule has 2 N–H and O–H groups in total. The Morgan fingerprint density at radius 2 is 2.27 bits per heavy atom. The van der Waals surface area contributed by atoms with Gasteiger partial charge in [0, 0.05) is 17.9 Å². The topological polar surface area (TPSA) is 43.1 Å². The molecule has 0 aromatic heterocycles. The number of primary amides is 1. The number of hydrogen-bond acceptors (Lipinski definition) is 2. The van der Waals surface area contributed by atoms with E-state index in [1.54, 1.807) is 17.8 Å². The summed E-state index contributed by atoms with van der Waals surface area (Å²) in [6.45, 7) is 0. The molecule has 0 bridgehead atoms. The minimum Gasteiger partial charge on any atom is -0.370 e. The number of carbonyl (C=O) groups excluding carboxylic acids is 1. The highest BCUT2D eigenvalue weighted by Gasteiger charge is 2.01. The van der Waals surface area contributed by atoms with Crippen LogP contribution in [0.4, 0.5) is 4.39 Å². The Labute approximate surface area is 101 Å². The van der Waals surface area contributed by atoms with Crippen LogP contribution in [0.2, 0.25) is 0 Å². The largest absolute Gasteiger partial charge is 0.370 e. The maximum atomic E-state index is 13.1. The zero-order valence-electron chi connectivity index (χ0n) is 8.00. The van der Waals surface area contributed by atoms with Crippen LogP contribution in [0.1, 0.15) is 12.0 Å². The van der Waals surface area contributed by atoms with E-state index < -0.39 is 0 Å². The number of thioether (sulfide) groups is 1. The summed E-state index contributed by atoms with van der Waals surface area (Å²) in [5.74, 6) is 0.803. The van der Waals surface area contributed by atoms with Crippen molar-refractivity contribution in [1.82, 2.24) is 0 Å². The molecule has 82 valence electrons. The number of halogens is 2. The molecule has 0 fully saturated rings. The second-order valence-electron chi connectivity index (χ2n) is 3.02. The normalized spacial score (nSPS) is 10.3. The first-order valence-corrected chi connectivity index (χ1v) is 6.34. The van der Waals surface area contributed by atoms with Crippen molar-refractivity contribution in [2.75, 3.05) is 5.75 Å². The van der Waals surface area contributed by atoms with Crippen molar-refractivity contribution in [2.24, 2.45) is 5.73 Å². The summed E-state index contributed by atoms with van der Waals surface area (Å²) in [4.78, 5) is 10.5. The number of rotatable bonds is 5. The van der Waals surface area contributed by atoms with Crippen LogP contribution in [0.25, 0.3) is 0 Å². The summed E-state index contributed by atoms with van der Waals surface area (Å²) in [5, 5.41) is 0. The van der Waals surface area contributed by atoms with Gasteiger partial charge in [-0.05, 0) is 33.6 Å². The Morgan fingerprint density at radius 3 is 2.87 bits per heavy atom. The number of carbonyl (C=O) groups is 1. The molecule has 0 heterocycles. The van der Waals surface area contributed by atoms with Gasteiger partial charge in [-0.25, -0.2) is 4.39 Å². The molecular weight excluding hydrogens is 281 g/mol. The van der Waals surface area contributed by atoms with Crippen molar-refractivity contribution in [3.05, 3.63) is 34.1 Å². The fourth-order valence-corrected chi connectivity index (χ4v) is 2.14. The van der Waals surface area contributed by atoms with Gasteiger partial charge in [0.15, 0.2) is 0 Å². The number of hydrogen-bond donors (Lipinski definition) is 1. The second kappa shape index (κ2) is 6.12. The van der Waals surface area contributed by atoms with Crippen LogP contribution in [0, 0.1) is 5.82 Å². The zero-order chi connectivity index (χ0) is 11.3. The molecule has 0 saturated carbocycles. The van der Waals surface area contributed by atoms with Crippen LogP contribution < -0.4 is 5.73 Å². The van der Waals surface area contributed by atoms with Crippen molar-refractivity contribution in [3.8, 4) is 0 Å². The molecular formula is C10H11BrFNOS. The van der Waals surface area contributed by atoms with Crippen LogP contribution in [-0.2, 0) is 10.5 Å². The lowest BCUT2D eigenvalue weighted by atomic mass is 10.2. The maximum Gasteiger partial charge on any atom is 0.218 e. The molecule has 1 aromatic rings. The van der Waals surface area contributed by atoms with Gasteiger partial charge in [0.25, 0.3) is 0 Å². The van der Waals surface area contributed by atoms with E-state index in [0.717, 1.165) is 5.56 Å². The minimum absolute atomic E-state index is 0.261. The average Bonchev–Trinajstić information content (AvgIpc) is 2.18. The number of amides is 1. The average molecular weight is 292 g/mol. The van der Waals surface area contributed by atoms with E-state index in [1.807, 2.05) is 6.07 Å². The molecule has 1 rings (SSSR count). The lowest BCUT2D eigenvalue weighted by Gasteiger charge is -2.02. The Bertz CT molecular complexity index is 359. The first-order valence-electron chi connectivity index (χ1n) is 4.39. The van der Waals surface area contributed by atoms with Crippen molar-refractivity contribution in [1.29, 1.82) is 0 Å². The van der Waals surface area contributed by atoms with Crippen LogP contribution in [0.15, 0.2) is 22.7 Å². The molecule has 0 aliphatic carbocycles. The van der Waals surface area contributed by atoms with E-state index in [2.05, 4.69) is 15.9 Å². The minimum atomic E-state index is -0.301. The fraction of sp³-hybridized carbons (Fsp3) is 0.300. The first kappa shape index (κ1) is 12.5. The van der Waals surface area contributed by atoms with Crippen molar-refractivity contribution >= 4 is 33.6 Å². The van der Waals surface area contributed by atoms with E-state index in [9.17, 15) is 9.18 Å². The van der Waals surface area contributed by atoms with Gasteiger partial charge < -0.3 is 5.73 Å². The standard InChI is InChI=1S/C10H11BrFNOS/c11-8-2-1-7(5-9(8)12)6-15-4-3-10(13)14/h1-2,5H,3-4,6H2,(H2,13,14). The van der Waals surface area contributed by atoms with Gasteiger partial charge in [-0.3, -0.25) is 4.79 Å². The Balaban J connectivity index is 2.38. The predicted molar refractivity (Wildman–Crippen MR) is 64.1 cm³/mol. The smallest absolute Gasteiger partial charge is 0.218 e. The number of benzene rings is 1. The van der Waals surface area contributed by atoms with Gasteiger partial charge in [-0.2, -0.15) is 11.8 Å². The summed E-state index contributed by atoms with van der Waals surface area (Å²) in [6, 6.07) is 5.02. The highest BCUT2D eigenvalue weighted by molar-refractivity contribution is 9.10. The van der Waals surface area contributed by atoms with Crippen LogP contribution >= 0.6 is 27.7 Å². The number of nitrogens with two attached hydrogens (primary N) is 1. The molecule has 0 spiro atoms. The van der Waals surface area contributed by atoms with Crippen molar-refractivity contribution in [3.63, 3.8) is 0 Å². The van der Waals surface area contributed by atoms with E-state index in [0.29, 0.717) is 22.4 Å². The van der Waals surface area contributed by atoms with Gasteiger partial charge in [0.1, 0.15) is 5.82 Å². The summed E-state index contributed by atoms with van der Waals surface area (Å²) in [7, 11) is 0. The Hall–Kier alpha value is -0.550. The van der Waals surface area contributed by atoms with Crippen molar-refractivity contribution in [2.45, 2.75) is 12.2 Å². The van der Waals surface area contributed by atoms with Gasteiger partial charge in [-0.1, -0.05) is 6.07 Å². The van der Waals surface area contributed by atoms with E-state index >= 15 is 0 Å². The zero-order valence-corrected chi connectivity index (χ0v) is 10.4. The maximum absolute atomic E-state index is 13.1. The van der Waals surface area contributed by atoms with Gasteiger partial charge in [-0.15, -0.1) is 0 Å². The third kappa shape index (κ3) is 4.66. The molecule has 2 nitrogen and oxygen atoms in total. The van der Waals surface area contributed by atoms with Gasteiger partial charge in [0.05, 0.1) is 4.47 Å². The first-order chi connectivity index (χ1) is 7.09. The molecule has 0 aliphatic heterocycles. The molecule has 1 aromatic carbocycles. The summed E-state index contributed by atoms with van der Waals surface area (Å²) >= 11 is 4.65. The summed E-state index contributed by atoms with van der Waals surface area (Å²) in [5.41, 5.74) is 5.90. The summed E-state index contributed by atoms with van der Waals surface area (Å²) in [6.07, 6.45) is 0.365. The third-order valence-corrected chi connectivity index (χ3v) is 3.42. The van der Waals surface area contributed by atoms with Crippen LogP contribution in [0.5, 0.6) is 0 Å². The lowest BCUT2D eigenvalue weighted by Crippen LogP contribution is -2.10. The molecule has 5 heteroatoms. The molecule has 0 unspecified atom stereocenters. The molecule has 1 amide bonds. The molecule has 15 heavy (non-hydrogen) atoms. The van der Waals surface area contributed by atoms with Crippen LogP contribution in [0.3, 0.4) is 0 Å². The Morgan fingerprint density at radius 1 is 1.53 bits per heavy atom. The fourth-order valence-electron chi connectivity index (χ4n) is 0.992. The Kier molecular flexibility index (Phi) is 5.11. The monoisotopic (exact) mass is 291 g/mol. The van der Waals surface area contributed by atoms with E-state index in [4.69, 9.17) is 5.73 Å².